The van der Waals surface area contributed by atoms with E-state index >= 15 is 0 Å². The van der Waals surface area contributed by atoms with Crippen molar-refractivity contribution in [2.24, 2.45) is 4.99 Å². The summed E-state index contributed by atoms with van der Waals surface area (Å²) in [6.07, 6.45) is 2.30. The minimum Gasteiger partial charge on any atom is -0.464 e. The van der Waals surface area contributed by atoms with E-state index in [2.05, 4.69) is 30.8 Å². The summed E-state index contributed by atoms with van der Waals surface area (Å²) in [4.78, 5) is 12.8. The Hall–Kier alpha value is -3.16. The van der Waals surface area contributed by atoms with Crippen LogP contribution in [0.15, 0.2) is 50.5 Å². The summed E-state index contributed by atoms with van der Waals surface area (Å²) >= 11 is 0. The van der Waals surface area contributed by atoms with Crippen molar-refractivity contribution in [1.82, 2.24) is 25.8 Å². The molecule has 3 heterocycles. The summed E-state index contributed by atoms with van der Waals surface area (Å²) in [6.45, 7) is 4.56. The molecule has 0 amide bonds. The lowest BCUT2D eigenvalue weighted by molar-refractivity contribution is 0.421. The first-order chi connectivity index (χ1) is 12.7. The number of rotatable bonds is 6. The van der Waals surface area contributed by atoms with Crippen LogP contribution in [-0.2, 0) is 6.42 Å². The normalized spacial score (nSPS) is 12.8. The van der Waals surface area contributed by atoms with Gasteiger partial charge < -0.3 is 19.6 Å². The van der Waals surface area contributed by atoms with Crippen molar-refractivity contribution in [3.05, 3.63) is 53.9 Å². The fourth-order valence-electron chi connectivity index (χ4n) is 2.40. The summed E-state index contributed by atoms with van der Waals surface area (Å²) in [7, 11) is 1.73. The van der Waals surface area contributed by atoms with Gasteiger partial charge in [0.15, 0.2) is 11.8 Å². The Morgan fingerprint density at radius 2 is 2.15 bits per heavy atom. The predicted octanol–water partition coefficient (Wildman–Crippen LogP) is 2.50. The Kier molecular flexibility index (Phi) is 5.62. The predicted molar refractivity (Wildman–Crippen MR) is 97.6 cm³/mol. The van der Waals surface area contributed by atoms with Crippen LogP contribution in [0.1, 0.15) is 30.3 Å². The number of nitrogens with zero attached hydrogens (tertiary/aromatic N) is 4. The molecule has 0 fully saturated rings. The molecule has 0 saturated heterocycles. The highest BCUT2D eigenvalue weighted by Crippen LogP contribution is 2.15. The number of guanidine groups is 1. The molecule has 0 aromatic carbocycles. The largest absolute Gasteiger partial charge is 0.464 e. The third-order valence-corrected chi connectivity index (χ3v) is 3.76. The van der Waals surface area contributed by atoms with E-state index in [9.17, 15) is 0 Å². The van der Waals surface area contributed by atoms with Gasteiger partial charge in [-0.2, -0.15) is 4.98 Å². The molecule has 0 radical (unpaired) electrons. The number of hydrogen-bond donors (Lipinski definition) is 2. The van der Waals surface area contributed by atoms with Gasteiger partial charge in [-0.3, -0.25) is 9.98 Å². The van der Waals surface area contributed by atoms with E-state index < -0.39 is 0 Å². The van der Waals surface area contributed by atoms with E-state index in [1.54, 1.807) is 13.2 Å². The van der Waals surface area contributed by atoms with Gasteiger partial charge in [-0.15, -0.1) is 0 Å². The SMILES string of the molecule is CN=C(NCCc1noc(-c2ccccn2)n1)NC(C)c1ccc(C)o1. The number of furan rings is 1. The van der Waals surface area contributed by atoms with Gasteiger partial charge >= 0.3 is 0 Å². The second kappa shape index (κ2) is 8.28. The molecule has 3 aromatic heterocycles. The molecular formula is C18H22N6O2. The average molecular weight is 354 g/mol. The zero-order valence-electron chi connectivity index (χ0n) is 15.1. The lowest BCUT2D eigenvalue weighted by Crippen LogP contribution is -2.39. The lowest BCUT2D eigenvalue weighted by atomic mass is 10.2. The topological polar surface area (TPSA) is 101 Å². The molecule has 0 aliphatic rings. The maximum absolute atomic E-state index is 5.63. The van der Waals surface area contributed by atoms with Crippen LogP contribution < -0.4 is 10.6 Å². The van der Waals surface area contributed by atoms with Crippen LogP contribution in [0.5, 0.6) is 0 Å². The van der Waals surface area contributed by atoms with Gasteiger partial charge in [0.2, 0.25) is 0 Å². The maximum atomic E-state index is 5.63. The van der Waals surface area contributed by atoms with Gasteiger partial charge in [0.25, 0.3) is 5.89 Å². The molecule has 0 saturated carbocycles. The molecule has 1 unspecified atom stereocenters. The second-order valence-electron chi connectivity index (χ2n) is 5.79. The van der Waals surface area contributed by atoms with Crippen LogP contribution >= 0.6 is 0 Å². The highest BCUT2D eigenvalue weighted by atomic mass is 16.5. The minimum atomic E-state index is 0.0100. The highest BCUT2D eigenvalue weighted by Gasteiger charge is 2.12. The molecule has 0 bridgehead atoms. The standard InChI is InChI=1S/C18H22N6O2/c1-12-7-8-15(25-12)13(2)22-18(19-3)21-11-9-16-23-17(26-24-16)14-6-4-5-10-20-14/h4-8,10,13H,9,11H2,1-3H3,(H2,19,21,22). The Morgan fingerprint density at radius 3 is 2.85 bits per heavy atom. The van der Waals surface area contributed by atoms with E-state index in [0.717, 1.165) is 11.5 Å². The third-order valence-electron chi connectivity index (χ3n) is 3.76. The van der Waals surface area contributed by atoms with E-state index in [0.29, 0.717) is 36.3 Å². The van der Waals surface area contributed by atoms with Crippen molar-refractivity contribution >= 4 is 5.96 Å². The minimum absolute atomic E-state index is 0.0100. The number of hydrogen-bond acceptors (Lipinski definition) is 6. The summed E-state index contributed by atoms with van der Waals surface area (Å²) in [5.41, 5.74) is 0.666. The van der Waals surface area contributed by atoms with E-state index in [1.165, 1.54) is 0 Å². The van der Waals surface area contributed by atoms with Gasteiger partial charge in [-0.1, -0.05) is 11.2 Å². The average Bonchev–Trinajstić information content (AvgIpc) is 3.31. The van der Waals surface area contributed by atoms with E-state index in [4.69, 9.17) is 8.94 Å². The molecule has 0 aliphatic heterocycles. The zero-order chi connectivity index (χ0) is 18.4. The Morgan fingerprint density at radius 1 is 1.27 bits per heavy atom. The van der Waals surface area contributed by atoms with Crippen molar-refractivity contribution in [2.45, 2.75) is 26.3 Å². The molecule has 2 N–H and O–H groups in total. The first-order valence-corrected chi connectivity index (χ1v) is 8.43. The maximum Gasteiger partial charge on any atom is 0.276 e. The van der Waals surface area contributed by atoms with Crippen LogP contribution in [0, 0.1) is 6.92 Å². The molecule has 0 spiro atoms. The number of aliphatic imine (C=N–C) groups is 1. The smallest absolute Gasteiger partial charge is 0.276 e. The van der Waals surface area contributed by atoms with Crippen LogP contribution in [0.4, 0.5) is 0 Å². The molecule has 0 aliphatic carbocycles. The van der Waals surface area contributed by atoms with Crippen LogP contribution in [0.3, 0.4) is 0 Å². The highest BCUT2D eigenvalue weighted by molar-refractivity contribution is 5.80. The molecule has 1 atom stereocenters. The molecule has 136 valence electrons. The number of nitrogens with one attached hydrogen (secondary N) is 2. The third kappa shape index (κ3) is 4.47. The van der Waals surface area contributed by atoms with E-state index in [1.807, 2.05) is 44.2 Å². The van der Waals surface area contributed by atoms with Gasteiger partial charge in [0, 0.05) is 26.2 Å². The lowest BCUT2D eigenvalue weighted by Gasteiger charge is -2.15. The summed E-state index contributed by atoms with van der Waals surface area (Å²) in [6, 6.07) is 9.46. The van der Waals surface area contributed by atoms with Gasteiger partial charge in [0.1, 0.15) is 17.2 Å². The van der Waals surface area contributed by atoms with Gasteiger partial charge in [-0.05, 0) is 38.1 Å². The van der Waals surface area contributed by atoms with Crippen LogP contribution in [-0.4, -0.2) is 34.7 Å². The Bertz CT molecular complexity index is 855. The Balaban J connectivity index is 1.50. The van der Waals surface area contributed by atoms with Crippen molar-refractivity contribution in [2.75, 3.05) is 13.6 Å². The van der Waals surface area contributed by atoms with Crippen molar-refractivity contribution in [3.8, 4) is 11.6 Å². The second-order valence-corrected chi connectivity index (χ2v) is 5.79. The number of aromatic nitrogens is 3. The number of pyridine rings is 1. The van der Waals surface area contributed by atoms with Gasteiger partial charge in [-0.25, -0.2) is 0 Å². The fraction of sp³-hybridized carbons (Fsp3) is 0.333. The fourth-order valence-corrected chi connectivity index (χ4v) is 2.40. The van der Waals surface area contributed by atoms with Crippen molar-refractivity contribution in [3.63, 3.8) is 0 Å². The van der Waals surface area contributed by atoms with Crippen molar-refractivity contribution < 1.29 is 8.94 Å². The first-order valence-electron chi connectivity index (χ1n) is 8.43. The first kappa shape index (κ1) is 17.7. The molecule has 8 nitrogen and oxygen atoms in total. The van der Waals surface area contributed by atoms with Crippen LogP contribution in [0.25, 0.3) is 11.6 Å². The summed E-state index contributed by atoms with van der Waals surface area (Å²) < 4.78 is 10.9. The quantitative estimate of drug-likeness (QED) is 0.518. The molecule has 8 heteroatoms. The summed E-state index contributed by atoms with van der Waals surface area (Å²) in [5.74, 6) is 3.47. The zero-order valence-corrected chi connectivity index (χ0v) is 15.1. The molecule has 3 aromatic rings. The monoisotopic (exact) mass is 354 g/mol. The molecule has 26 heavy (non-hydrogen) atoms. The molecular weight excluding hydrogens is 332 g/mol. The molecule has 3 rings (SSSR count). The number of aryl methyl sites for hydroxylation is 1. The summed E-state index contributed by atoms with van der Waals surface area (Å²) in [5, 5.41) is 10.5. The van der Waals surface area contributed by atoms with Gasteiger partial charge in [0.05, 0.1) is 6.04 Å². The van der Waals surface area contributed by atoms with E-state index in [-0.39, 0.29) is 6.04 Å². The van der Waals surface area contributed by atoms with Crippen LogP contribution in [0.2, 0.25) is 0 Å². The van der Waals surface area contributed by atoms with Crippen molar-refractivity contribution in [1.29, 1.82) is 0 Å². The Labute approximate surface area is 151 Å².